The molecule has 1 unspecified atom stereocenters. The summed E-state index contributed by atoms with van der Waals surface area (Å²) in [5.74, 6) is -3.01. The number of carbonyl (C=O) groups is 2. The lowest BCUT2D eigenvalue weighted by atomic mass is 9.93. The number of alkyl halides is 4. The van der Waals surface area contributed by atoms with Crippen molar-refractivity contribution in [2.24, 2.45) is 13.0 Å². The molecule has 3 heterocycles. The third kappa shape index (κ3) is 7.26. The van der Waals surface area contributed by atoms with E-state index in [1.807, 2.05) is 0 Å². The highest BCUT2D eigenvalue weighted by molar-refractivity contribution is 6.37. The van der Waals surface area contributed by atoms with E-state index in [9.17, 15) is 32.3 Å². The molecule has 2 aliphatic rings. The van der Waals surface area contributed by atoms with Gasteiger partial charge in [0.2, 0.25) is 11.8 Å². The second-order valence-corrected chi connectivity index (χ2v) is 14.6. The summed E-state index contributed by atoms with van der Waals surface area (Å²) in [5.41, 5.74) is -1.76. The minimum Gasteiger partial charge on any atom is -0.378 e. The van der Waals surface area contributed by atoms with Gasteiger partial charge in [0, 0.05) is 42.6 Å². The van der Waals surface area contributed by atoms with Gasteiger partial charge in [-0.25, -0.2) is 22.5 Å². The minimum absolute atomic E-state index is 0.0337. The van der Waals surface area contributed by atoms with Crippen LogP contribution in [0.3, 0.4) is 0 Å². The third-order valence-corrected chi connectivity index (χ3v) is 9.75. The normalized spacial score (nSPS) is 17.4. The Bertz CT molecular complexity index is 2440. The zero-order valence-electron chi connectivity index (χ0n) is 29.6. The molecule has 2 aromatic carbocycles. The molecule has 3 atom stereocenters. The summed E-state index contributed by atoms with van der Waals surface area (Å²) in [5, 5.41) is 24.4. The Labute approximate surface area is 314 Å². The van der Waals surface area contributed by atoms with Crippen LogP contribution in [0.2, 0.25) is 5.02 Å². The van der Waals surface area contributed by atoms with Crippen molar-refractivity contribution in [2.45, 2.75) is 70.1 Å². The SMILES string of the molecule is CC(=O)Nc1nn(C)c2c(-c3ccc(C#CC(C)(C)O)nc3C(Cc3cc(F)cc(F)c3)NC(=O)Cn3nc(C(F)F)c4c3C(F)(F)[C@@H]3C[C@H]43)ccc(Cl)c12. The molecular formula is C38H32ClF6N7O3. The molecule has 0 saturated heterocycles. The Hall–Kier alpha value is -5.40. The van der Waals surface area contributed by atoms with E-state index < -0.39 is 77.2 Å². The van der Waals surface area contributed by atoms with Gasteiger partial charge in [0.25, 0.3) is 12.3 Å². The topological polar surface area (TPSA) is 127 Å². The largest absolute Gasteiger partial charge is 0.378 e. The minimum atomic E-state index is -3.49. The van der Waals surface area contributed by atoms with Crippen molar-refractivity contribution in [3.63, 3.8) is 0 Å². The molecule has 1 fully saturated rings. The number of carbonyl (C=O) groups excluding carboxylic acids is 2. The van der Waals surface area contributed by atoms with E-state index in [-0.39, 0.29) is 46.2 Å². The first kappa shape index (κ1) is 37.9. The predicted octanol–water partition coefficient (Wildman–Crippen LogP) is 7.09. The maximum absolute atomic E-state index is 15.4. The first-order valence-electron chi connectivity index (χ1n) is 17.0. The van der Waals surface area contributed by atoms with Crippen LogP contribution in [0, 0.1) is 29.4 Å². The third-order valence-electron chi connectivity index (χ3n) is 9.43. The Morgan fingerprint density at radius 1 is 1.07 bits per heavy atom. The maximum atomic E-state index is 15.4. The molecule has 0 radical (unpaired) electrons. The standard InChI is InChI=1S/C38H32ClF6N7O3/c1-17(53)46-36-30-26(39)8-7-23(33(30)51(4)50-36)22-6-5-21(9-10-37(2,3)55)47-31(22)27(13-18-11-19(40)14-20(41)12-18)48-28(54)16-52-34-29(32(49-52)35(42)43)24-15-25(24)38(34,44)45/h5-8,11-12,14,24-25,27,35,55H,13,15-16H2,1-4H3,(H,48,54)(H,46,50,53)/t24-,25+,27?/m0/s1. The van der Waals surface area contributed by atoms with Crippen LogP contribution in [0.4, 0.5) is 32.2 Å². The summed E-state index contributed by atoms with van der Waals surface area (Å²) in [4.78, 5) is 30.7. The van der Waals surface area contributed by atoms with E-state index in [1.165, 1.54) is 31.5 Å². The van der Waals surface area contributed by atoms with Crippen LogP contribution in [0.25, 0.3) is 22.0 Å². The van der Waals surface area contributed by atoms with E-state index in [1.54, 1.807) is 25.2 Å². The molecule has 5 aromatic rings. The second-order valence-electron chi connectivity index (χ2n) is 14.2. The lowest BCUT2D eigenvalue weighted by Crippen LogP contribution is -2.35. The van der Waals surface area contributed by atoms with Gasteiger partial charge in [-0.1, -0.05) is 23.6 Å². The fourth-order valence-corrected chi connectivity index (χ4v) is 7.48. The van der Waals surface area contributed by atoms with Crippen molar-refractivity contribution in [1.29, 1.82) is 0 Å². The first-order valence-corrected chi connectivity index (χ1v) is 17.4. The highest BCUT2D eigenvalue weighted by Gasteiger charge is 2.67. The van der Waals surface area contributed by atoms with Gasteiger partial charge < -0.3 is 15.7 Å². The molecule has 17 heteroatoms. The van der Waals surface area contributed by atoms with E-state index in [2.05, 4.69) is 32.7 Å². The van der Waals surface area contributed by atoms with Crippen molar-refractivity contribution >= 4 is 40.1 Å². The Morgan fingerprint density at radius 2 is 1.76 bits per heavy atom. The molecule has 2 aliphatic carbocycles. The van der Waals surface area contributed by atoms with Gasteiger partial charge in [0.1, 0.15) is 40.9 Å². The van der Waals surface area contributed by atoms with E-state index in [4.69, 9.17) is 16.6 Å². The van der Waals surface area contributed by atoms with Crippen LogP contribution < -0.4 is 10.6 Å². The highest BCUT2D eigenvalue weighted by atomic mass is 35.5. The highest BCUT2D eigenvalue weighted by Crippen LogP contribution is 2.68. The van der Waals surface area contributed by atoms with Crippen molar-refractivity contribution in [3.05, 3.63) is 93.0 Å². The molecule has 1 saturated carbocycles. The molecule has 0 aliphatic heterocycles. The van der Waals surface area contributed by atoms with E-state index in [0.717, 1.165) is 12.1 Å². The molecule has 0 spiro atoms. The summed E-state index contributed by atoms with van der Waals surface area (Å²) in [6.07, 6.45) is -3.42. The smallest absolute Gasteiger partial charge is 0.293 e. The van der Waals surface area contributed by atoms with Crippen LogP contribution in [-0.2, 0) is 35.5 Å². The first-order chi connectivity index (χ1) is 25.8. The van der Waals surface area contributed by atoms with Crippen molar-refractivity contribution in [2.75, 3.05) is 5.32 Å². The Morgan fingerprint density at radius 3 is 2.42 bits per heavy atom. The number of halogens is 7. The zero-order valence-corrected chi connectivity index (χ0v) is 30.4. The molecule has 7 rings (SSSR count). The van der Waals surface area contributed by atoms with Crippen LogP contribution >= 0.6 is 11.6 Å². The van der Waals surface area contributed by atoms with Gasteiger partial charge in [-0.05, 0) is 74.4 Å². The number of nitrogens with one attached hydrogen (secondary N) is 2. The molecule has 2 amide bonds. The quantitative estimate of drug-likeness (QED) is 0.108. The molecule has 286 valence electrons. The van der Waals surface area contributed by atoms with Gasteiger partial charge in [0.05, 0.1) is 27.7 Å². The van der Waals surface area contributed by atoms with Crippen LogP contribution in [0.1, 0.15) is 79.5 Å². The van der Waals surface area contributed by atoms with Crippen LogP contribution in [0.15, 0.2) is 42.5 Å². The number of aromatic nitrogens is 5. The van der Waals surface area contributed by atoms with Gasteiger partial charge in [-0.15, -0.1) is 0 Å². The second kappa shape index (κ2) is 13.7. The molecule has 55 heavy (non-hydrogen) atoms. The molecule has 0 bridgehead atoms. The fraction of sp³-hybridized carbons (Fsp3) is 0.342. The molecule has 3 N–H and O–H groups in total. The number of nitrogens with zero attached hydrogens (tertiary/aromatic N) is 5. The van der Waals surface area contributed by atoms with Gasteiger partial charge in [-0.2, -0.15) is 19.0 Å². The molecule has 3 aromatic heterocycles. The number of anilines is 1. The lowest BCUT2D eigenvalue weighted by Gasteiger charge is -2.23. The number of pyridine rings is 1. The Kier molecular flexibility index (Phi) is 9.45. The molecule has 10 nitrogen and oxygen atoms in total. The molecular weight excluding hydrogens is 752 g/mol. The number of hydrogen-bond acceptors (Lipinski definition) is 6. The van der Waals surface area contributed by atoms with Gasteiger partial charge in [0.15, 0.2) is 5.82 Å². The average molecular weight is 784 g/mol. The summed E-state index contributed by atoms with van der Waals surface area (Å²) >= 11 is 6.61. The summed E-state index contributed by atoms with van der Waals surface area (Å²) in [6, 6.07) is 7.82. The summed E-state index contributed by atoms with van der Waals surface area (Å²) in [7, 11) is 1.61. The van der Waals surface area contributed by atoms with Crippen molar-refractivity contribution in [1.82, 2.24) is 29.9 Å². The van der Waals surface area contributed by atoms with Crippen molar-refractivity contribution < 1.29 is 41.0 Å². The van der Waals surface area contributed by atoms with E-state index >= 15 is 8.78 Å². The number of aliphatic hydroxyl groups is 1. The summed E-state index contributed by atoms with van der Waals surface area (Å²) < 4.78 is 89.9. The fourth-order valence-electron chi connectivity index (χ4n) is 7.24. The zero-order chi connectivity index (χ0) is 39.7. The predicted molar refractivity (Wildman–Crippen MR) is 189 cm³/mol. The monoisotopic (exact) mass is 783 g/mol. The Balaban J connectivity index is 1.38. The number of benzene rings is 2. The number of hydrogen-bond donors (Lipinski definition) is 3. The summed E-state index contributed by atoms with van der Waals surface area (Å²) in [6.45, 7) is 3.31. The van der Waals surface area contributed by atoms with Crippen molar-refractivity contribution in [3.8, 4) is 23.0 Å². The number of rotatable bonds is 9. The van der Waals surface area contributed by atoms with Gasteiger partial charge in [-0.3, -0.25) is 19.0 Å². The number of aryl methyl sites for hydroxylation is 1. The maximum Gasteiger partial charge on any atom is 0.293 e. The van der Waals surface area contributed by atoms with E-state index in [0.29, 0.717) is 32.8 Å². The van der Waals surface area contributed by atoms with Crippen LogP contribution in [0.5, 0.6) is 0 Å². The number of amides is 2. The van der Waals surface area contributed by atoms with Gasteiger partial charge >= 0.3 is 0 Å². The van der Waals surface area contributed by atoms with Crippen LogP contribution in [-0.4, -0.2) is 47.1 Å². The number of fused-ring (bicyclic) bond motifs is 4. The average Bonchev–Trinajstić information content (AvgIpc) is 3.62. The lowest BCUT2D eigenvalue weighted by molar-refractivity contribution is -0.123.